The van der Waals surface area contributed by atoms with Crippen molar-refractivity contribution in [2.45, 2.75) is 17.8 Å². The summed E-state index contributed by atoms with van der Waals surface area (Å²) < 4.78 is 0. The van der Waals surface area contributed by atoms with Gasteiger partial charge in [-0.25, -0.2) is 4.79 Å². The molecule has 1 N–H and O–H groups in total. The van der Waals surface area contributed by atoms with Crippen LogP contribution in [0.25, 0.3) is 0 Å². The normalized spacial score (nSPS) is 32.7. The summed E-state index contributed by atoms with van der Waals surface area (Å²) in [5.41, 5.74) is 0. The number of thioether (sulfide) groups is 1. The Morgan fingerprint density at radius 1 is 1.75 bits per heavy atom. The van der Waals surface area contributed by atoms with Gasteiger partial charge in [-0.15, -0.1) is 11.8 Å². The highest BCUT2D eigenvalue weighted by molar-refractivity contribution is 8.02. The second kappa shape index (κ2) is 2.52. The van der Waals surface area contributed by atoms with Crippen LogP contribution >= 0.6 is 11.8 Å². The maximum atomic E-state index is 11.0. The van der Waals surface area contributed by atoms with Crippen LogP contribution in [0.15, 0.2) is 11.5 Å². The Labute approximate surface area is 73.2 Å². The smallest absolute Gasteiger partial charge is 0.330 e. The first-order chi connectivity index (χ1) is 5.70. The summed E-state index contributed by atoms with van der Waals surface area (Å²) in [7, 11) is 0. The van der Waals surface area contributed by atoms with E-state index in [1.807, 2.05) is 0 Å². The number of carboxylic acid groups (broad SMARTS) is 1. The molecule has 0 aromatic rings. The molecule has 4 nitrogen and oxygen atoms in total. The second-order valence-corrected chi connectivity index (χ2v) is 3.80. The highest BCUT2D eigenvalue weighted by atomic mass is 32.2. The quantitative estimate of drug-likeness (QED) is 0.595. The fourth-order valence-corrected chi connectivity index (χ4v) is 2.39. The molecule has 2 heterocycles. The van der Waals surface area contributed by atoms with Gasteiger partial charge in [0.05, 0.1) is 11.8 Å². The van der Waals surface area contributed by atoms with Gasteiger partial charge in [0.15, 0.2) is 0 Å². The van der Waals surface area contributed by atoms with E-state index >= 15 is 0 Å². The molecule has 1 saturated heterocycles. The molecule has 2 rings (SSSR count). The van der Waals surface area contributed by atoms with E-state index in [1.54, 1.807) is 11.5 Å². The maximum Gasteiger partial charge on any atom is 0.330 e. The number of β-lactam (4-membered cyclic amide) rings is 1. The topological polar surface area (TPSA) is 57.6 Å². The Hall–Kier alpha value is -0.970. The van der Waals surface area contributed by atoms with Gasteiger partial charge in [0.2, 0.25) is 5.91 Å². The van der Waals surface area contributed by atoms with Crippen LogP contribution in [0.2, 0.25) is 0 Å². The van der Waals surface area contributed by atoms with E-state index in [2.05, 4.69) is 0 Å². The predicted molar refractivity (Wildman–Crippen MR) is 43.4 cm³/mol. The van der Waals surface area contributed by atoms with Crippen LogP contribution in [0.4, 0.5) is 0 Å². The lowest BCUT2D eigenvalue weighted by Gasteiger charge is -2.44. The lowest BCUT2D eigenvalue weighted by Crippen LogP contribution is -2.58. The molecule has 2 aliphatic rings. The lowest BCUT2D eigenvalue weighted by molar-refractivity contribution is -0.155. The summed E-state index contributed by atoms with van der Waals surface area (Å²) in [6, 6.07) is -0.738. The van der Waals surface area contributed by atoms with Crippen molar-refractivity contribution in [2.24, 2.45) is 0 Å². The van der Waals surface area contributed by atoms with E-state index < -0.39 is 12.0 Å². The minimum absolute atomic E-state index is 0.0589. The first-order valence-corrected chi connectivity index (χ1v) is 4.50. The number of hydrogen-bond acceptors (Lipinski definition) is 3. The number of carbonyl (C=O) groups excluding carboxylic acids is 1. The maximum absolute atomic E-state index is 11.0. The Kier molecular flexibility index (Phi) is 1.61. The van der Waals surface area contributed by atoms with Crippen LogP contribution in [-0.2, 0) is 9.59 Å². The molecular weight excluding hydrogens is 178 g/mol. The second-order valence-electron chi connectivity index (χ2n) is 2.71. The zero-order chi connectivity index (χ0) is 8.72. The van der Waals surface area contributed by atoms with Crippen LogP contribution in [-0.4, -0.2) is 33.3 Å². The van der Waals surface area contributed by atoms with E-state index in [1.165, 1.54) is 16.7 Å². The van der Waals surface area contributed by atoms with Crippen LogP contribution < -0.4 is 0 Å². The Bertz CT molecular complexity index is 276. The molecule has 0 spiro atoms. The number of amides is 1. The minimum atomic E-state index is -0.954. The van der Waals surface area contributed by atoms with Gasteiger partial charge in [-0.1, -0.05) is 0 Å². The average molecular weight is 185 g/mol. The summed E-state index contributed by atoms with van der Waals surface area (Å²) in [4.78, 5) is 23.0. The van der Waals surface area contributed by atoms with Crippen molar-refractivity contribution in [1.82, 2.24) is 4.90 Å². The summed E-state index contributed by atoms with van der Waals surface area (Å²) >= 11 is 1.50. The zero-order valence-electron chi connectivity index (χ0n) is 6.14. The van der Waals surface area contributed by atoms with E-state index in [0.29, 0.717) is 6.42 Å². The van der Waals surface area contributed by atoms with Gasteiger partial charge < -0.3 is 10.0 Å². The Morgan fingerprint density at radius 3 is 3.00 bits per heavy atom. The largest absolute Gasteiger partial charge is 0.479 e. The number of nitrogens with zero attached hydrogens (tertiary/aromatic N) is 1. The van der Waals surface area contributed by atoms with Gasteiger partial charge in [0.1, 0.15) is 6.04 Å². The molecule has 2 aliphatic heterocycles. The third-order valence-corrected chi connectivity index (χ3v) is 3.02. The molecule has 0 unspecified atom stereocenters. The molecule has 0 radical (unpaired) electrons. The van der Waals surface area contributed by atoms with Gasteiger partial charge >= 0.3 is 5.97 Å². The molecule has 0 saturated carbocycles. The first-order valence-electron chi connectivity index (χ1n) is 3.56. The van der Waals surface area contributed by atoms with Gasteiger partial charge in [-0.05, 0) is 11.5 Å². The van der Waals surface area contributed by atoms with E-state index in [0.717, 1.165) is 0 Å². The molecular formula is C7H7NO3S. The predicted octanol–water partition coefficient (Wildman–Crippen LogP) is 0.259. The van der Waals surface area contributed by atoms with Gasteiger partial charge in [-0.2, -0.15) is 0 Å². The van der Waals surface area contributed by atoms with Gasteiger partial charge in [-0.3, -0.25) is 4.79 Å². The van der Waals surface area contributed by atoms with E-state index in [9.17, 15) is 9.59 Å². The van der Waals surface area contributed by atoms with Crippen molar-refractivity contribution in [3.63, 3.8) is 0 Å². The van der Waals surface area contributed by atoms with Crippen molar-refractivity contribution in [2.75, 3.05) is 0 Å². The van der Waals surface area contributed by atoms with Gasteiger partial charge in [0.25, 0.3) is 0 Å². The summed E-state index contributed by atoms with van der Waals surface area (Å²) in [5, 5.41) is 10.5. The van der Waals surface area contributed by atoms with E-state index in [-0.39, 0.29) is 11.3 Å². The Morgan fingerprint density at radius 2 is 2.50 bits per heavy atom. The number of aliphatic carboxylic acids is 1. The molecule has 0 aliphatic carbocycles. The third-order valence-electron chi connectivity index (χ3n) is 2.00. The molecule has 2 atom stereocenters. The van der Waals surface area contributed by atoms with Crippen LogP contribution in [0, 0.1) is 0 Å². The van der Waals surface area contributed by atoms with Crippen LogP contribution in [0.3, 0.4) is 0 Å². The highest BCUT2D eigenvalue weighted by Crippen LogP contribution is 2.36. The minimum Gasteiger partial charge on any atom is -0.479 e. The molecule has 1 amide bonds. The number of hydrogen-bond donors (Lipinski definition) is 1. The van der Waals surface area contributed by atoms with Crippen molar-refractivity contribution in [3.05, 3.63) is 11.5 Å². The number of rotatable bonds is 1. The fourth-order valence-electron chi connectivity index (χ4n) is 1.35. The van der Waals surface area contributed by atoms with Crippen molar-refractivity contribution in [1.29, 1.82) is 0 Å². The highest BCUT2D eigenvalue weighted by Gasteiger charge is 2.44. The standard InChI is InChI=1S/C7H7NO3S/c9-5-3-6-8(5)4(7(10)11)1-2-12-6/h1-2,4,6H,3H2,(H,10,11)/t4-,6-/m1/s1. The third kappa shape index (κ3) is 0.929. The molecule has 1 fully saturated rings. The van der Waals surface area contributed by atoms with Crippen LogP contribution in [0.5, 0.6) is 0 Å². The summed E-state index contributed by atoms with van der Waals surface area (Å²) in [6.45, 7) is 0. The van der Waals surface area contributed by atoms with Crippen LogP contribution in [0.1, 0.15) is 6.42 Å². The van der Waals surface area contributed by atoms with Crippen molar-refractivity contribution >= 4 is 23.6 Å². The zero-order valence-corrected chi connectivity index (χ0v) is 6.95. The summed E-state index contributed by atoms with van der Waals surface area (Å²) in [5.74, 6) is -1.02. The number of fused-ring (bicyclic) bond motifs is 1. The van der Waals surface area contributed by atoms with Crippen molar-refractivity contribution < 1.29 is 14.7 Å². The molecule has 0 aromatic heterocycles. The molecule has 0 bridgehead atoms. The average Bonchev–Trinajstić information content (AvgIpc) is 2.01. The monoisotopic (exact) mass is 185 g/mol. The molecule has 64 valence electrons. The number of carboxylic acids is 1. The van der Waals surface area contributed by atoms with Gasteiger partial charge in [0, 0.05) is 0 Å². The lowest BCUT2D eigenvalue weighted by atomic mass is 10.1. The number of carbonyl (C=O) groups is 2. The fraction of sp³-hybridized carbons (Fsp3) is 0.429. The van der Waals surface area contributed by atoms with E-state index in [4.69, 9.17) is 5.11 Å². The van der Waals surface area contributed by atoms with Crippen molar-refractivity contribution in [3.8, 4) is 0 Å². The molecule has 0 aromatic carbocycles. The molecule has 5 heteroatoms. The molecule has 12 heavy (non-hydrogen) atoms. The summed E-state index contributed by atoms with van der Waals surface area (Å²) in [6.07, 6.45) is 2.01. The SMILES string of the molecule is O=C(O)[C@H]1C=CS[C@@H]2CC(=O)N12. The Balaban J connectivity index is 2.22. The first kappa shape index (κ1) is 7.67.